The van der Waals surface area contributed by atoms with Crippen LogP contribution in [-0.4, -0.2) is 41.2 Å². The third-order valence-corrected chi connectivity index (χ3v) is 4.01. The Balaban J connectivity index is 2.42. The van der Waals surface area contributed by atoms with E-state index in [1.165, 1.54) is 17.9 Å². The molecule has 0 saturated carbocycles. The van der Waals surface area contributed by atoms with Gasteiger partial charge in [-0.3, -0.25) is 4.79 Å². The van der Waals surface area contributed by atoms with Crippen LogP contribution in [0.3, 0.4) is 0 Å². The fourth-order valence-corrected chi connectivity index (χ4v) is 2.63. The fourth-order valence-electron chi connectivity index (χ4n) is 2.63. The molecule has 0 aliphatic carbocycles. The minimum atomic E-state index is -0.646. The van der Waals surface area contributed by atoms with Crippen molar-refractivity contribution in [3.05, 3.63) is 41.5 Å². The topological polar surface area (TPSA) is 79.7 Å². The van der Waals surface area contributed by atoms with Crippen LogP contribution >= 0.6 is 0 Å². The number of unbranched alkanes of at least 4 members (excludes halogenated alkanes) is 1. The van der Waals surface area contributed by atoms with Gasteiger partial charge in [0.25, 0.3) is 0 Å². The summed E-state index contributed by atoms with van der Waals surface area (Å²) in [6.07, 6.45) is 3.25. The van der Waals surface area contributed by atoms with Crippen molar-refractivity contribution in [2.45, 2.75) is 52.6 Å². The lowest BCUT2D eigenvalue weighted by Crippen LogP contribution is -2.27. The van der Waals surface area contributed by atoms with Crippen molar-refractivity contribution in [1.82, 2.24) is 9.55 Å². The molecule has 0 amide bonds. The number of benzene rings is 1. The summed E-state index contributed by atoms with van der Waals surface area (Å²) in [5, 5.41) is 0. The maximum atomic E-state index is 13.0. The molecule has 152 valence electrons. The van der Waals surface area contributed by atoms with Gasteiger partial charge >= 0.3 is 6.09 Å². The molecule has 0 aliphatic rings. The minimum absolute atomic E-state index is 0.167. The van der Waals surface area contributed by atoms with Crippen molar-refractivity contribution in [3.63, 3.8) is 0 Å². The van der Waals surface area contributed by atoms with E-state index in [9.17, 15) is 9.59 Å². The fraction of sp³-hybridized carbons (Fsp3) is 0.476. The van der Waals surface area contributed by atoms with Gasteiger partial charge in [0.15, 0.2) is 0 Å². The Kier molecular flexibility index (Phi) is 6.83. The first-order valence-corrected chi connectivity index (χ1v) is 9.28. The van der Waals surface area contributed by atoms with Crippen LogP contribution in [0.25, 0.3) is 0 Å². The average Bonchev–Trinajstić information content (AvgIpc) is 3.08. The van der Waals surface area contributed by atoms with Crippen molar-refractivity contribution < 1.29 is 23.8 Å². The smallest absolute Gasteiger partial charge is 0.420 e. The molecule has 0 atom stereocenters. The molecule has 0 N–H and O–H groups in total. The zero-order valence-corrected chi connectivity index (χ0v) is 17.4. The van der Waals surface area contributed by atoms with Crippen LogP contribution in [0.4, 0.5) is 4.79 Å². The number of hydrogen-bond acceptors (Lipinski definition) is 6. The molecule has 0 saturated heterocycles. The standard InChI is InChI=1S/C21H28N2O5/c1-7-8-9-18-22-16(13-23(18)20(25)28-21(2,3)4)19(24)15-11-10-14(26-5)12-17(15)27-6/h10-13H,7-9H2,1-6H3. The Morgan fingerprint density at radius 2 is 1.86 bits per heavy atom. The summed E-state index contributed by atoms with van der Waals surface area (Å²) >= 11 is 0. The van der Waals surface area contributed by atoms with Crippen molar-refractivity contribution in [1.29, 1.82) is 0 Å². The van der Waals surface area contributed by atoms with Crippen LogP contribution in [0, 0.1) is 0 Å². The first kappa shape index (κ1) is 21.5. The van der Waals surface area contributed by atoms with Gasteiger partial charge < -0.3 is 14.2 Å². The second kappa shape index (κ2) is 8.91. The van der Waals surface area contributed by atoms with Gasteiger partial charge in [0.05, 0.1) is 19.8 Å². The molecule has 0 aliphatic heterocycles. The van der Waals surface area contributed by atoms with Crippen LogP contribution in [-0.2, 0) is 11.2 Å². The predicted octanol–water partition coefficient (Wildman–Crippen LogP) is 4.26. The monoisotopic (exact) mass is 388 g/mol. The molecule has 1 aromatic carbocycles. The minimum Gasteiger partial charge on any atom is -0.497 e. The normalized spacial score (nSPS) is 11.2. The molecule has 0 radical (unpaired) electrons. The third-order valence-electron chi connectivity index (χ3n) is 4.01. The van der Waals surface area contributed by atoms with Gasteiger partial charge in [0.2, 0.25) is 5.78 Å². The number of methoxy groups -OCH3 is 2. The van der Waals surface area contributed by atoms with Crippen molar-refractivity contribution in [2.24, 2.45) is 0 Å². The van der Waals surface area contributed by atoms with Gasteiger partial charge in [-0.2, -0.15) is 0 Å². The lowest BCUT2D eigenvalue weighted by molar-refractivity contribution is 0.0531. The van der Waals surface area contributed by atoms with Gasteiger partial charge in [-0.15, -0.1) is 0 Å². The zero-order chi connectivity index (χ0) is 20.9. The number of aromatic nitrogens is 2. The molecule has 1 heterocycles. The Hall–Kier alpha value is -2.83. The molecule has 7 heteroatoms. The van der Waals surface area contributed by atoms with Gasteiger partial charge in [-0.25, -0.2) is 14.3 Å². The van der Waals surface area contributed by atoms with E-state index in [1.807, 2.05) is 0 Å². The zero-order valence-electron chi connectivity index (χ0n) is 17.4. The molecular weight excluding hydrogens is 360 g/mol. The summed E-state index contributed by atoms with van der Waals surface area (Å²) < 4.78 is 17.3. The predicted molar refractivity (Wildman–Crippen MR) is 105 cm³/mol. The first-order valence-electron chi connectivity index (χ1n) is 9.28. The van der Waals surface area contributed by atoms with E-state index < -0.39 is 11.7 Å². The number of nitrogens with zero attached hydrogens (tertiary/aromatic N) is 2. The Bertz CT molecular complexity index is 849. The SMILES string of the molecule is CCCCc1nc(C(=O)c2ccc(OC)cc2OC)cn1C(=O)OC(C)(C)C. The number of rotatable bonds is 7. The summed E-state index contributed by atoms with van der Waals surface area (Å²) in [6, 6.07) is 4.94. The number of carbonyl (C=O) groups excluding carboxylic acids is 2. The summed E-state index contributed by atoms with van der Waals surface area (Å²) in [5.74, 6) is 1.13. The highest BCUT2D eigenvalue weighted by atomic mass is 16.6. The average molecular weight is 388 g/mol. The van der Waals surface area contributed by atoms with Crippen molar-refractivity contribution in [3.8, 4) is 11.5 Å². The highest BCUT2D eigenvalue weighted by molar-refractivity contribution is 6.09. The molecule has 0 bridgehead atoms. The summed E-state index contributed by atoms with van der Waals surface area (Å²) in [5.41, 5.74) is -0.133. The van der Waals surface area contributed by atoms with Crippen LogP contribution in [0.1, 0.15) is 62.4 Å². The summed E-state index contributed by atoms with van der Waals surface area (Å²) in [7, 11) is 3.02. The van der Waals surface area contributed by atoms with E-state index in [4.69, 9.17) is 14.2 Å². The van der Waals surface area contributed by atoms with Gasteiger partial charge in [0.1, 0.15) is 28.6 Å². The number of hydrogen-bond donors (Lipinski definition) is 0. The third kappa shape index (κ3) is 5.12. The van der Waals surface area contributed by atoms with E-state index in [1.54, 1.807) is 46.1 Å². The first-order chi connectivity index (χ1) is 13.2. The highest BCUT2D eigenvalue weighted by Gasteiger charge is 2.25. The second-order valence-corrected chi connectivity index (χ2v) is 7.39. The lowest BCUT2D eigenvalue weighted by Gasteiger charge is -2.20. The maximum Gasteiger partial charge on any atom is 0.420 e. The molecule has 1 aromatic heterocycles. The molecule has 2 aromatic rings. The Morgan fingerprint density at radius 3 is 2.43 bits per heavy atom. The van der Waals surface area contributed by atoms with E-state index in [0.29, 0.717) is 29.3 Å². The van der Waals surface area contributed by atoms with E-state index in [0.717, 1.165) is 12.8 Å². The van der Waals surface area contributed by atoms with Crippen molar-refractivity contribution in [2.75, 3.05) is 14.2 Å². The number of aryl methyl sites for hydroxylation is 1. The molecule has 7 nitrogen and oxygen atoms in total. The van der Waals surface area contributed by atoms with Crippen LogP contribution < -0.4 is 9.47 Å². The van der Waals surface area contributed by atoms with Crippen LogP contribution in [0.2, 0.25) is 0 Å². The number of ether oxygens (including phenoxy) is 3. The lowest BCUT2D eigenvalue weighted by atomic mass is 10.1. The van der Waals surface area contributed by atoms with Crippen LogP contribution in [0.15, 0.2) is 24.4 Å². The molecule has 0 spiro atoms. The van der Waals surface area contributed by atoms with Gasteiger partial charge in [-0.05, 0) is 39.3 Å². The Labute approximate surface area is 165 Å². The molecule has 0 unspecified atom stereocenters. The largest absolute Gasteiger partial charge is 0.497 e. The maximum absolute atomic E-state index is 13.0. The van der Waals surface area contributed by atoms with Crippen molar-refractivity contribution >= 4 is 11.9 Å². The molecule has 0 fully saturated rings. The van der Waals surface area contributed by atoms with E-state index in [-0.39, 0.29) is 11.5 Å². The van der Waals surface area contributed by atoms with Gasteiger partial charge in [-0.1, -0.05) is 13.3 Å². The molecule has 28 heavy (non-hydrogen) atoms. The van der Waals surface area contributed by atoms with E-state index in [2.05, 4.69) is 11.9 Å². The van der Waals surface area contributed by atoms with E-state index >= 15 is 0 Å². The Morgan fingerprint density at radius 1 is 1.14 bits per heavy atom. The highest BCUT2D eigenvalue weighted by Crippen LogP contribution is 2.27. The molecular formula is C21H28N2O5. The quantitative estimate of drug-likeness (QED) is 0.660. The van der Waals surface area contributed by atoms with Gasteiger partial charge in [0, 0.05) is 18.7 Å². The number of carbonyl (C=O) groups is 2. The number of imidazole rings is 1. The second-order valence-electron chi connectivity index (χ2n) is 7.39. The molecule has 2 rings (SSSR count). The number of ketones is 1. The summed E-state index contributed by atoms with van der Waals surface area (Å²) in [6.45, 7) is 7.43. The van der Waals surface area contributed by atoms with Crippen LogP contribution in [0.5, 0.6) is 11.5 Å². The summed E-state index contributed by atoms with van der Waals surface area (Å²) in [4.78, 5) is 30.0.